The van der Waals surface area contributed by atoms with Gasteiger partial charge in [0.05, 0.1) is 0 Å². The van der Waals surface area contributed by atoms with Crippen LogP contribution in [0.3, 0.4) is 0 Å². The van der Waals surface area contributed by atoms with Gasteiger partial charge in [-0.15, -0.1) is 0 Å². The summed E-state index contributed by atoms with van der Waals surface area (Å²) in [7, 11) is 0. The number of hydrogen-bond donors (Lipinski definition) is 2. The zero-order valence-corrected chi connectivity index (χ0v) is 9.69. The second kappa shape index (κ2) is 4.30. The summed E-state index contributed by atoms with van der Waals surface area (Å²) >= 11 is 0. The number of hydrogen-bond acceptors (Lipinski definition) is 3. The number of aromatic nitrogens is 3. The third-order valence-corrected chi connectivity index (χ3v) is 3.35. The molecule has 17 heavy (non-hydrogen) atoms. The van der Waals surface area contributed by atoms with Crippen molar-refractivity contribution in [2.24, 2.45) is 5.73 Å². The van der Waals surface area contributed by atoms with Crippen molar-refractivity contribution in [3.8, 4) is 0 Å². The Morgan fingerprint density at radius 1 is 1.24 bits per heavy atom. The molecule has 88 valence electrons. The summed E-state index contributed by atoms with van der Waals surface area (Å²) in [6, 6.07) is 8.59. The molecule has 0 fully saturated rings. The molecule has 3 rings (SSSR count). The van der Waals surface area contributed by atoms with Gasteiger partial charge >= 0.3 is 0 Å². The lowest BCUT2D eigenvalue weighted by Gasteiger charge is -2.01. The average molecular weight is 228 g/mol. The number of fused-ring (bicyclic) bond motifs is 1. The van der Waals surface area contributed by atoms with E-state index in [0.717, 1.165) is 30.9 Å². The highest BCUT2D eigenvalue weighted by Gasteiger charge is 2.25. The Hall–Kier alpha value is -1.68. The zero-order valence-electron chi connectivity index (χ0n) is 9.69. The van der Waals surface area contributed by atoms with Gasteiger partial charge in [0.1, 0.15) is 5.82 Å². The van der Waals surface area contributed by atoms with E-state index in [1.54, 1.807) is 0 Å². The molecule has 0 aliphatic heterocycles. The second-order valence-electron chi connectivity index (χ2n) is 4.55. The van der Waals surface area contributed by atoms with Crippen LogP contribution in [0.15, 0.2) is 24.3 Å². The lowest BCUT2D eigenvalue weighted by Crippen LogP contribution is -2.04. The smallest absolute Gasteiger partial charge is 0.154 e. The van der Waals surface area contributed by atoms with E-state index >= 15 is 0 Å². The molecule has 1 aromatic carbocycles. The Bertz CT molecular complexity index is 493. The van der Waals surface area contributed by atoms with Gasteiger partial charge in [0.2, 0.25) is 0 Å². The predicted molar refractivity (Wildman–Crippen MR) is 65.7 cm³/mol. The largest absolute Gasteiger partial charge is 0.330 e. The van der Waals surface area contributed by atoms with Crippen LogP contribution in [0.5, 0.6) is 0 Å². The van der Waals surface area contributed by atoms with Crippen LogP contribution in [0.25, 0.3) is 0 Å². The third kappa shape index (κ3) is 1.96. The molecule has 0 saturated heterocycles. The van der Waals surface area contributed by atoms with Crippen molar-refractivity contribution in [1.29, 1.82) is 0 Å². The number of nitrogens with one attached hydrogen (secondary N) is 1. The minimum Gasteiger partial charge on any atom is -0.330 e. The monoisotopic (exact) mass is 228 g/mol. The van der Waals surface area contributed by atoms with E-state index in [0.29, 0.717) is 12.5 Å². The number of H-pyrrole nitrogens is 1. The maximum absolute atomic E-state index is 5.50. The average Bonchev–Trinajstić information content (AvgIpc) is 2.94. The minimum atomic E-state index is 0.426. The molecule has 4 heteroatoms. The SMILES string of the molecule is NCCc1nc(C2Cc3ccccc3C2)n[nH]1. The summed E-state index contributed by atoms with van der Waals surface area (Å²) in [5.41, 5.74) is 8.37. The van der Waals surface area contributed by atoms with E-state index in [1.807, 2.05) is 0 Å². The van der Waals surface area contributed by atoms with Crippen LogP contribution < -0.4 is 5.73 Å². The number of aromatic amines is 1. The van der Waals surface area contributed by atoms with Crippen LogP contribution in [0.4, 0.5) is 0 Å². The molecule has 0 atom stereocenters. The van der Waals surface area contributed by atoms with Crippen LogP contribution in [0, 0.1) is 0 Å². The first-order valence-electron chi connectivity index (χ1n) is 6.05. The van der Waals surface area contributed by atoms with Gasteiger partial charge in [0.25, 0.3) is 0 Å². The Morgan fingerprint density at radius 2 is 1.94 bits per heavy atom. The predicted octanol–water partition coefficient (Wildman–Crippen LogP) is 1.19. The highest BCUT2D eigenvalue weighted by Crippen LogP contribution is 2.31. The van der Waals surface area contributed by atoms with Crippen molar-refractivity contribution < 1.29 is 0 Å². The van der Waals surface area contributed by atoms with E-state index in [-0.39, 0.29) is 0 Å². The molecule has 2 aromatic rings. The molecule has 1 aromatic heterocycles. The highest BCUT2D eigenvalue weighted by atomic mass is 15.2. The third-order valence-electron chi connectivity index (χ3n) is 3.35. The first-order chi connectivity index (χ1) is 8.36. The molecular weight excluding hydrogens is 212 g/mol. The number of nitrogens with two attached hydrogens (primary N) is 1. The molecule has 3 N–H and O–H groups in total. The van der Waals surface area contributed by atoms with E-state index in [4.69, 9.17) is 5.73 Å². The first-order valence-corrected chi connectivity index (χ1v) is 6.05. The zero-order chi connectivity index (χ0) is 11.7. The summed E-state index contributed by atoms with van der Waals surface area (Å²) < 4.78 is 0. The van der Waals surface area contributed by atoms with Gasteiger partial charge in [0, 0.05) is 12.3 Å². The Balaban J connectivity index is 1.79. The molecule has 1 aliphatic carbocycles. The van der Waals surface area contributed by atoms with E-state index < -0.39 is 0 Å². The quantitative estimate of drug-likeness (QED) is 0.829. The topological polar surface area (TPSA) is 67.6 Å². The summed E-state index contributed by atoms with van der Waals surface area (Å²) in [6.45, 7) is 0.611. The van der Waals surface area contributed by atoms with Gasteiger partial charge in [0.15, 0.2) is 5.82 Å². The van der Waals surface area contributed by atoms with Gasteiger partial charge in [-0.2, -0.15) is 5.10 Å². The molecule has 0 saturated carbocycles. The van der Waals surface area contributed by atoms with Gasteiger partial charge in [-0.1, -0.05) is 24.3 Å². The molecule has 0 unspecified atom stereocenters. The Labute approximate surface area is 100 Å². The van der Waals surface area contributed by atoms with Crippen molar-refractivity contribution in [3.05, 3.63) is 47.0 Å². The molecule has 0 radical (unpaired) electrons. The summed E-state index contributed by atoms with van der Waals surface area (Å²) in [4.78, 5) is 4.52. The molecule has 1 aliphatic rings. The first kappa shape index (κ1) is 10.5. The fourth-order valence-electron chi connectivity index (χ4n) is 2.48. The van der Waals surface area contributed by atoms with Crippen molar-refractivity contribution >= 4 is 0 Å². The van der Waals surface area contributed by atoms with Crippen LogP contribution in [-0.4, -0.2) is 21.7 Å². The van der Waals surface area contributed by atoms with Crippen LogP contribution in [-0.2, 0) is 19.3 Å². The van der Waals surface area contributed by atoms with Gasteiger partial charge in [-0.05, 0) is 30.5 Å². The maximum Gasteiger partial charge on any atom is 0.154 e. The standard InChI is InChI=1S/C13H16N4/c14-6-5-12-15-13(17-16-12)11-7-9-3-1-2-4-10(9)8-11/h1-4,11H,5-8,14H2,(H,15,16,17). The molecule has 4 nitrogen and oxygen atoms in total. The van der Waals surface area contributed by atoms with Crippen molar-refractivity contribution in [1.82, 2.24) is 15.2 Å². The fourth-order valence-corrected chi connectivity index (χ4v) is 2.48. The summed E-state index contributed by atoms with van der Waals surface area (Å²) in [5.74, 6) is 2.26. The van der Waals surface area contributed by atoms with E-state index in [9.17, 15) is 0 Å². The Morgan fingerprint density at radius 3 is 2.59 bits per heavy atom. The summed E-state index contributed by atoms with van der Waals surface area (Å²) in [6.07, 6.45) is 2.87. The molecule has 0 amide bonds. The van der Waals surface area contributed by atoms with Gasteiger partial charge < -0.3 is 5.73 Å². The molecular formula is C13H16N4. The van der Waals surface area contributed by atoms with Gasteiger partial charge in [-0.25, -0.2) is 4.98 Å². The van der Waals surface area contributed by atoms with Gasteiger partial charge in [-0.3, -0.25) is 5.10 Å². The number of nitrogens with zero attached hydrogens (tertiary/aromatic N) is 2. The minimum absolute atomic E-state index is 0.426. The van der Waals surface area contributed by atoms with E-state index in [1.165, 1.54) is 11.1 Å². The lowest BCUT2D eigenvalue weighted by molar-refractivity contribution is 0.686. The molecule has 0 bridgehead atoms. The second-order valence-corrected chi connectivity index (χ2v) is 4.55. The van der Waals surface area contributed by atoms with Crippen molar-refractivity contribution in [2.75, 3.05) is 6.54 Å². The highest BCUT2D eigenvalue weighted by molar-refractivity contribution is 5.34. The molecule has 1 heterocycles. The van der Waals surface area contributed by atoms with Crippen molar-refractivity contribution in [3.63, 3.8) is 0 Å². The van der Waals surface area contributed by atoms with Crippen LogP contribution >= 0.6 is 0 Å². The number of rotatable bonds is 3. The summed E-state index contributed by atoms with van der Waals surface area (Å²) in [5, 5.41) is 7.28. The van der Waals surface area contributed by atoms with E-state index in [2.05, 4.69) is 39.4 Å². The molecule has 0 spiro atoms. The van der Waals surface area contributed by atoms with Crippen molar-refractivity contribution in [2.45, 2.75) is 25.2 Å². The maximum atomic E-state index is 5.50. The van der Waals surface area contributed by atoms with Crippen LogP contribution in [0.1, 0.15) is 28.7 Å². The Kier molecular flexibility index (Phi) is 2.65. The van der Waals surface area contributed by atoms with Crippen LogP contribution in [0.2, 0.25) is 0 Å². The normalized spacial score (nSPS) is 15.1. The lowest BCUT2D eigenvalue weighted by atomic mass is 10.1. The fraction of sp³-hybridized carbons (Fsp3) is 0.385. The number of benzene rings is 1.